The van der Waals surface area contributed by atoms with Gasteiger partial charge < -0.3 is 15.5 Å². The predicted molar refractivity (Wildman–Crippen MR) is 119 cm³/mol. The summed E-state index contributed by atoms with van der Waals surface area (Å²) in [4.78, 5) is 26.8. The third kappa shape index (κ3) is 4.25. The predicted octanol–water partition coefficient (Wildman–Crippen LogP) is 2.55. The van der Waals surface area contributed by atoms with Gasteiger partial charge >= 0.3 is 0 Å². The number of nitrogens with one attached hydrogen (secondary N) is 2. The smallest absolute Gasteiger partial charge is 0.222 e. The van der Waals surface area contributed by atoms with Crippen molar-refractivity contribution >= 4 is 28.4 Å². The fourth-order valence-corrected chi connectivity index (χ4v) is 3.73. The van der Waals surface area contributed by atoms with Crippen molar-refractivity contribution in [1.29, 1.82) is 0 Å². The number of aryl methyl sites for hydroxylation is 1. The van der Waals surface area contributed by atoms with Gasteiger partial charge in [0.05, 0.1) is 10.9 Å². The lowest BCUT2D eigenvalue weighted by atomic mass is 10.1. The van der Waals surface area contributed by atoms with Crippen LogP contribution in [-0.4, -0.2) is 56.8 Å². The van der Waals surface area contributed by atoms with Gasteiger partial charge in [0, 0.05) is 50.6 Å². The zero-order valence-electron chi connectivity index (χ0n) is 18.5. The summed E-state index contributed by atoms with van der Waals surface area (Å²) in [7, 11) is 1.99. The van der Waals surface area contributed by atoms with Gasteiger partial charge in [-0.1, -0.05) is 20.8 Å². The van der Waals surface area contributed by atoms with Crippen molar-refractivity contribution in [3.05, 3.63) is 30.4 Å². The summed E-state index contributed by atoms with van der Waals surface area (Å²) in [5.41, 5.74) is 0.840. The Morgan fingerprint density at radius 1 is 1.23 bits per heavy atom. The van der Waals surface area contributed by atoms with E-state index in [-0.39, 0.29) is 5.91 Å². The van der Waals surface area contributed by atoms with E-state index in [1.807, 2.05) is 40.0 Å². The fourth-order valence-electron chi connectivity index (χ4n) is 3.73. The summed E-state index contributed by atoms with van der Waals surface area (Å²) in [6, 6.07) is 4.07. The molecule has 160 valence electrons. The Kier molecular flexibility index (Phi) is 6.61. The van der Waals surface area contributed by atoms with Crippen molar-refractivity contribution in [2.45, 2.75) is 40.7 Å². The number of carbonyl (C=O) groups excluding carboxylic acids is 1. The van der Waals surface area contributed by atoms with Crippen LogP contribution in [0.15, 0.2) is 24.5 Å². The molecule has 1 saturated heterocycles. The van der Waals surface area contributed by atoms with Crippen LogP contribution >= 0.6 is 0 Å². The fraction of sp³-hybridized carbons (Fsp3) is 0.476. The summed E-state index contributed by atoms with van der Waals surface area (Å²) in [6.45, 7) is 11.3. The minimum Gasteiger partial charge on any atom is -0.353 e. The molecule has 4 rings (SSSR count). The number of aromatic nitrogens is 5. The first-order valence-corrected chi connectivity index (χ1v) is 10.3. The molecule has 30 heavy (non-hydrogen) atoms. The van der Waals surface area contributed by atoms with Crippen LogP contribution < -0.4 is 15.5 Å². The highest BCUT2D eigenvalue weighted by molar-refractivity contribution is 5.95. The number of anilines is 2. The standard InChI is InChI=1S/C19H24N8O.C2H6/c1-11-9-26(10-15(11)20-4)19-14-8-22-17(24-13(3)28)7-16(14)27(25-19)18-5-6-21-12(2)23-18;1-2/h5-8,11,15,20H,9-10H2,1-4H3,(H,22,24,28);1-2H3. The topological polar surface area (TPSA) is 101 Å². The first-order chi connectivity index (χ1) is 14.5. The van der Waals surface area contributed by atoms with Crippen molar-refractivity contribution < 1.29 is 4.79 Å². The number of likely N-dealkylation sites (N-methyl/N-ethyl adjacent to an activating group) is 1. The Hall–Kier alpha value is -3.07. The minimum absolute atomic E-state index is 0.166. The Labute approximate surface area is 176 Å². The van der Waals surface area contributed by atoms with Gasteiger partial charge in [0.2, 0.25) is 5.91 Å². The number of carbonyl (C=O) groups is 1. The first-order valence-electron chi connectivity index (χ1n) is 10.3. The van der Waals surface area contributed by atoms with Crippen LogP contribution in [0.25, 0.3) is 16.7 Å². The zero-order valence-corrected chi connectivity index (χ0v) is 18.5. The number of nitrogens with zero attached hydrogens (tertiary/aromatic N) is 6. The van der Waals surface area contributed by atoms with E-state index in [9.17, 15) is 4.79 Å². The molecular formula is C21H30N8O. The molecule has 3 aromatic rings. The second kappa shape index (κ2) is 9.17. The monoisotopic (exact) mass is 410 g/mol. The largest absolute Gasteiger partial charge is 0.353 e. The maximum Gasteiger partial charge on any atom is 0.222 e. The highest BCUT2D eigenvalue weighted by Gasteiger charge is 2.31. The van der Waals surface area contributed by atoms with E-state index in [4.69, 9.17) is 5.10 Å². The molecular weight excluding hydrogens is 380 g/mol. The summed E-state index contributed by atoms with van der Waals surface area (Å²) in [5, 5.41) is 11.9. The maximum absolute atomic E-state index is 11.5. The lowest BCUT2D eigenvalue weighted by Crippen LogP contribution is -2.32. The number of pyridine rings is 1. The SMILES string of the molecule is CC.CNC1CN(c2nn(-c3ccnc(C)n3)c3cc(NC(C)=O)ncc23)CC1C. The Morgan fingerprint density at radius 3 is 2.63 bits per heavy atom. The Balaban J connectivity index is 0.00000124. The van der Waals surface area contributed by atoms with E-state index >= 15 is 0 Å². The van der Waals surface area contributed by atoms with E-state index in [1.54, 1.807) is 17.1 Å². The van der Waals surface area contributed by atoms with Crippen molar-refractivity contribution in [1.82, 2.24) is 30.0 Å². The van der Waals surface area contributed by atoms with Crippen molar-refractivity contribution in [3.8, 4) is 5.82 Å². The average molecular weight is 411 g/mol. The van der Waals surface area contributed by atoms with Gasteiger partial charge in [-0.2, -0.15) is 0 Å². The third-order valence-electron chi connectivity index (χ3n) is 5.11. The molecule has 0 radical (unpaired) electrons. The van der Waals surface area contributed by atoms with Crippen LogP contribution in [-0.2, 0) is 4.79 Å². The number of hydrogen-bond donors (Lipinski definition) is 2. The van der Waals surface area contributed by atoms with Gasteiger partial charge in [-0.15, -0.1) is 5.10 Å². The van der Waals surface area contributed by atoms with Crippen molar-refractivity contribution in [2.24, 2.45) is 5.92 Å². The van der Waals surface area contributed by atoms with Gasteiger partial charge in [-0.05, 0) is 19.9 Å². The highest BCUT2D eigenvalue weighted by atomic mass is 16.1. The Bertz CT molecular complexity index is 1030. The highest BCUT2D eigenvalue weighted by Crippen LogP contribution is 2.32. The van der Waals surface area contributed by atoms with Gasteiger partial charge in [0.25, 0.3) is 0 Å². The molecule has 2 atom stereocenters. The maximum atomic E-state index is 11.5. The zero-order chi connectivity index (χ0) is 21.8. The molecule has 1 aliphatic rings. The summed E-state index contributed by atoms with van der Waals surface area (Å²) in [6.07, 6.45) is 3.49. The first kappa shape index (κ1) is 21.6. The van der Waals surface area contributed by atoms with E-state index in [1.165, 1.54) is 6.92 Å². The van der Waals surface area contributed by atoms with E-state index < -0.39 is 0 Å². The molecule has 1 amide bonds. The number of rotatable bonds is 4. The molecule has 2 N–H and O–H groups in total. The molecule has 1 fully saturated rings. The number of fused-ring (bicyclic) bond motifs is 1. The van der Waals surface area contributed by atoms with Crippen LogP contribution in [0, 0.1) is 12.8 Å². The lowest BCUT2D eigenvalue weighted by molar-refractivity contribution is -0.114. The van der Waals surface area contributed by atoms with Crippen LogP contribution in [0.2, 0.25) is 0 Å². The Morgan fingerprint density at radius 2 is 2.00 bits per heavy atom. The van der Waals surface area contributed by atoms with Gasteiger partial charge in [-0.3, -0.25) is 4.79 Å². The van der Waals surface area contributed by atoms with E-state index in [2.05, 4.69) is 37.4 Å². The van der Waals surface area contributed by atoms with Crippen molar-refractivity contribution in [3.63, 3.8) is 0 Å². The molecule has 9 heteroatoms. The second-order valence-corrected chi connectivity index (χ2v) is 7.24. The van der Waals surface area contributed by atoms with Crippen LogP contribution in [0.1, 0.15) is 33.5 Å². The minimum atomic E-state index is -0.166. The molecule has 4 heterocycles. The molecule has 0 spiro atoms. The summed E-state index contributed by atoms with van der Waals surface area (Å²) in [5.74, 6) is 3.06. The molecule has 0 aromatic carbocycles. The molecule has 3 aromatic heterocycles. The van der Waals surface area contributed by atoms with Gasteiger partial charge in [0.15, 0.2) is 11.6 Å². The van der Waals surface area contributed by atoms with E-state index in [0.717, 1.165) is 29.8 Å². The van der Waals surface area contributed by atoms with E-state index in [0.29, 0.717) is 29.4 Å². The van der Waals surface area contributed by atoms with Gasteiger partial charge in [0.1, 0.15) is 11.6 Å². The quantitative estimate of drug-likeness (QED) is 0.682. The number of amides is 1. The molecule has 1 aliphatic heterocycles. The summed E-state index contributed by atoms with van der Waals surface area (Å²) >= 11 is 0. The molecule has 2 unspecified atom stereocenters. The third-order valence-corrected chi connectivity index (χ3v) is 5.11. The molecule has 0 bridgehead atoms. The number of hydrogen-bond acceptors (Lipinski definition) is 7. The van der Waals surface area contributed by atoms with Gasteiger partial charge in [-0.25, -0.2) is 19.6 Å². The molecule has 0 saturated carbocycles. The van der Waals surface area contributed by atoms with Crippen LogP contribution in [0.5, 0.6) is 0 Å². The second-order valence-electron chi connectivity index (χ2n) is 7.24. The molecule has 0 aliphatic carbocycles. The normalized spacial score (nSPS) is 18.3. The average Bonchev–Trinajstić information content (AvgIpc) is 3.29. The van der Waals surface area contributed by atoms with Crippen LogP contribution in [0.3, 0.4) is 0 Å². The van der Waals surface area contributed by atoms with Crippen molar-refractivity contribution in [2.75, 3.05) is 30.4 Å². The summed E-state index contributed by atoms with van der Waals surface area (Å²) < 4.78 is 1.80. The lowest BCUT2D eigenvalue weighted by Gasteiger charge is -2.15. The van der Waals surface area contributed by atoms with Crippen LogP contribution in [0.4, 0.5) is 11.6 Å². The molecule has 9 nitrogen and oxygen atoms in total.